The van der Waals surface area contributed by atoms with Crippen LogP contribution < -0.4 is 15.9 Å². The van der Waals surface area contributed by atoms with Crippen molar-refractivity contribution in [1.82, 2.24) is 9.97 Å². The zero-order valence-corrected chi connectivity index (χ0v) is 22.8. The van der Waals surface area contributed by atoms with Crippen LogP contribution >= 0.6 is 7.14 Å². The summed E-state index contributed by atoms with van der Waals surface area (Å²) in [6.07, 6.45) is -4.46. The average Bonchev–Trinajstić information content (AvgIpc) is 2.77. The molecule has 1 unspecified atom stereocenters. The van der Waals surface area contributed by atoms with Gasteiger partial charge in [-0.25, -0.2) is 14.8 Å². The van der Waals surface area contributed by atoms with Crippen molar-refractivity contribution < 1.29 is 27.3 Å². The number of carbonyl (C=O) groups is 1. The Labute approximate surface area is 214 Å². The maximum atomic E-state index is 13.5. The van der Waals surface area contributed by atoms with Crippen molar-refractivity contribution in [2.24, 2.45) is 0 Å². The van der Waals surface area contributed by atoms with Crippen molar-refractivity contribution >= 4 is 40.8 Å². The number of halogens is 3. The number of hydrogen-bond donors (Lipinski definition) is 2. The second kappa shape index (κ2) is 10.7. The molecule has 0 radical (unpaired) electrons. The fourth-order valence-electron chi connectivity index (χ4n) is 4.22. The van der Waals surface area contributed by atoms with Gasteiger partial charge in [0.1, 0.15) is 24.8 Å². The van der Waals surface area contributed by atoms with Gasteiger partial charge in [0.25, 0.3) is 0 Å². The Hall–Kier alpha value is -3.13. The Bertz CT molecular complexity index is 1370. The van der Waals surface area contributed by atoms with E-state index in [1.54, 1.807) is 59.2 Å². The van der Waals surface area contributed by atoms with Gasteiger partial charge in [-0.1, -0.05) is 12.1 Å². The molecule has 2 N–H and O–H groups in total. The van der Waals surface area contributed by atoms with Gasteiger partial charge in [0.15, 0.2) is 0 Å². The molecule has 0 fully saturated rings. The highest BCUT2D eigenvalue weighted by Crippen LogP contribution is 2.41. The molecule has 3 aromatic rings. The maximum absolute atomic E-state index is 13.5. The van der Waals surface area contributed by atoms with E-state index in [4.69, 9.17) is 4.74 Å². The molecule has 1 aromatic heterocycles. The predicted octanol–water partition coefficient (Wildman–Crippen LogP) is 6.05. The molecule has 0 spiro atoms. The topological polar surface area (TPSA) is 93.2 Å². The summed E-state index contributed by atoms with van der Waals surface area (Å²) in [6, 6.07) is 6.32. The molecule has 1 heterocycles. The third-order valence-electron chi connectivity index (χ3n) is 6.02. The standard InChI is InChI=1S/C26H32F3N4O3P/c1-8-36-25(34)16(4)30-22-13-21-19(12-23(22)37(6,7)35)24(33-17(5)32-21)31-15(3)18-10-9-11-20(14(18)2)26(27,28)29/h9-13,15-16,30H,8H2,1-7H3,(H,31,32,33)/t15-,16?/m1/s1. The van der Waals surface area contributed by atoms with Crippen LogP contribution in [0.1, 0.15) is 49.3 Å². The van der Waals surface area contributed by atoms with Crippen molar-refractivity contribution in [3.05, 3.63) is 52.8 Å². The highest BCUT2D eigenvalue weighted by atomic mass is 31.2. The zero-order valence-electron chi connectivity index (χ0n) is 21.9. The van der Waals surface area contributed by atoms with Gasteiger partial charge in [-0.2, -0.15) is 13.2 Å². The first kappa shape index (κ1) is 28.4. The van der Waals surface area contributed by atoms with E-state index < -0.39 is 36.9 Å². The lowest BCUT2D eigenvalue weighted by Gasteiger charge is -2.23. The summed E-state index contributed by atoms with van der Waals surface area (Å²) in [4.78, 5) is 21.2. The molecule has 37 heavy (non-hydrogen) atoms. The van der Waals surface area contributed by atoms with E-state index in [1.165, 1.54) is 13.0 Å². The van der Waals surface area contributed by atoms with Crippen LogP contribution in [-0.4, -0.2) is 41.9 Å². The normalized spacial score (nSPS) is 13.8. The number of rotatable bonds is 8. The van der Waals surface area contributed by atoms with E-state index in [0.29, 0.717) is 39.1 Å². The number of esters is 1. The number of hydrogen-bond acceptors (Lipinski definition) is 7. The van der Waals surface area contributed by atoms with Crippen molar-refractivity contribution in [2.45, 2.75) is 52.9 Å². The maximum Gasteiger partial charge on any atom is 0.416 e. The number of alkyl halides is 3. The van der Waals surface area contributed by atoms with Gasteiger partial charge >= 0.3 is 12.1 Å². The van der Waals surface area contributed by atoms with Gasteiger partial charge in [-0.05, 0) is 77.3 Å². The molecule has 0 amide bonds. The Balaban J connectivity index is 2.10. The SMILES string of the molecule is CCOC(=O)C(C)Nc1cc2nc(C)nc(N[C@H](C)c3cccc(C(F)(F)F)c3C)c2cc1P(C)(C)=O. The van der Waals surface area contributed by atoms with Crippen LogP contribution in [0.15, 0.2) is 30.3 Å². The fourth-order valence-corrected chi connectivity index (χ4v) is 5.37. The van der Waals surface area contributed by atoms with E-state index in [2.05, 4.69) is 20.6 Å². The van der Waals surface area contributed by atoms with Crippen LogP contribution in [0.3, 0.4) is 0 Å². The summed E-state index contributed by atoms with van der Waals surface area (Å²) in [7, 11) is -2.84. The molecule has 0 saturated heterocycles. The first-order valence-corrected chi connectivity index (χ1v) is 14.5. The highest BCUT2D eigenvalue weighted by Gasteiger charge is 2.33. The van der Waals surface area contributed by atoms with Crippen LogP contribution in [0.2, 0.25) is 0 Å². The molecule has 2 aromatic carbocycles. The number of ether oxygens (including phenoxy) is 1. The van der Waals surface area contributed by atoms with E-state index >= 15 is 0 Å². The summed E-state index contributed by atoms with van der Waals surface area (Å²) >= 11 is 0. The van der Waals surface area contributed by atoms with Crippen LogP contribution in [0, 0.1) is 13.8 Å². The van der Waals surface area contributed by atoms with E-state index in [-0.39, 0.29) is 12.2 Å². The minimum atomic E-state index is -4.46. The van der Waals surface area contributed by atoms with Gasteiger partial charge in [0.05, 0.1) is 23.7 Å². The Kier molecular flexibility index (Phi) is 8.22. The van der Waals surface area contributed by atoms with Crippen molar-refractivity contribution in [3.8, 4) is 0 Å². The summed E-state index contributed by atoms with van der Waals surface area (Å²) in [5.41, 5.74) is 0.953. The quantitative estimate of drug-likeness (QED) is 0.267. The molecular weight excluding hydrogens is 504 g/mol. The Morgan fingerprint density at radius 3 is 2.38 bits per heavy atom. The van der Waals surface area contributed by atoms with Gasteiger partial charge in [0, 0.05) is 16.4 Å². The summed E-state index contributed by atoms with van der Waals surface area (Å²) in [5.74, 6) is 0.407. The van der Waals surface area contributed by atoms with Gasteiger partial charge in [-0.15, -0.1) is 0 Å². The summed E-state index contributed by atoms with van der Waals surface area (Å²) < 4.78 is 58.7. The minimum absolute atomic E-state index is 0.136. The van der Waals surface area contributed by atoms with E-state index in [9.17, 15) is 22.5 Å². The average molecular weight is 537 g/mol. The number of aryl methyl sites for hydroxylation is 1. The third-order valence-corrected chi connectivity index (χ3v) is 7.55. The number of nitrogens with one attached hydrogen (secondary N) is 2. The number of nitrogens with zero attached hydrogens (tertiary/aromatic N) is 2. The number of aromatic nitrogens is 2. The number of benzene rings is 2. The second-order valence-corrected chi connectivity index (χ2v) is 12.5. The first-order valence-electron chi connectivity index (χ1n) is 11.9. The molecule has 0 aliphatic rings. The van der Waals surface area contributed by atoms with Crippen molar-refractivity contribution in [3.63, 3.8) is 0 Å². The minimum Gasteiger partial charge on any atom is -0.464 e. The number of fused-ring (bicyclic) bond motifs is 1. The van der Waals surface area contributed by atoms with Crippen LogP contribution in [-0.2, 0) is 20.3 Å². The molecule has 0 bridgehead atoms. The van der Waals surface area contributed by atoms with Gasteiger partial charge in [0.2, 0.25) is 0 Å². The molecule has 0 aliphatic carbocycles. The van der Waals surface area contributed by atoms with Crippen LogP contribution in [0.4, 0.5) is 24.7 Å². The zero-order chi connectivity index (χ0) is 27.7. The van der Waals surface area contributed by atoms with E-state index in [1.807, 2.05) is 0 Å². The second-order valence-electron chi connectivity index (χ2n) is 9.36. The summed E-state index contributed by atoms with van der Waals surface area (Å²) in [5, 5.41) is 7.39. The van der Waals surface area contributed by atoms with E-state index in [0.717, 1.165) is 6.07 Å². The van der Waals surface area contributed by atoms with Crippen molar-refractivity contribution in [2.75, 3.05) is 30.6 Å². The first-order chi connectivity index (χ1) is 17.1. The summed E-state index contributed by atoms with van der Waals surface area (Å²) in [6.45, 7) is 11.8. The van der Waals surface area contributed by atoms with Crippen molar-refractivity contribution in [1.29, 1.82) is 0 Å². The molecule has 3 rings (SSSR count). The number of anilines is 2. The molecule has 2 atom stereocenters. The van der Waals surface area contributed by atoms with Crippen LogP contribution in [0.5, 0.6) is 0 Å². The Morgan fingerprint density at radius 1 is 1.11 bits per heavy atom. The van der Waals surface area contributed by atoms with Crippen LogP contribution in [0.25, 0.3) is 10.9 Å². The Morgan fingerprint density at radius 2 is 1.78 bits per heavy atom. The fraction of sp³-hybridized carbons (Fsp3) is 0.423. The lowest BCUT2D eigenvalue weighted by Crippen LogP contribution is -2.30. The predicted molar refractivity (Wildman–Crippen MR) is 141 cm³/mol. The number of carbonyl (C=O) groups excluding carboxylic acids is 1. The lowest BCUT2D eigenvalue weighted by atomic mass is 9.97. The smallest absolute Gasteiger partial charge is 0.416 e. The third kappa shape index (κ3) is 6.42. The van der Waals surface area contributed by atoms with Gasteiger partial charge < -0.3 is 19.9 Å². The molecule has 7 nitrogen and oxygen atoms in total. The molecule has 0 aliphatic heterocycles. The largest absolute Gasteiger partial charge is 0.464 e. The monoisotopic (exact) mass is 536 g/mol. The van der Waals surface area contributed by atoms with Gasteiger partial charge in [-0.3, -0.25) is 0 Å². The molecular formula is C26H32F3N4O3P. The lowest BCUT2D eigenvalue weighted by molar-refractivity contribution is -0.143. The molecule has 0 saturated carbocycles. The molecule has 11 heteroatoms. The molecule has 200 valence electrons. The highest BCUT2D eigenvalue weighted by molar-refractivity contribution is 7.70.